The summed E-state index contributed by atoms with van der Waals surface area (Å²) >= 11 is 5.90. The van der Waals surface area contributed by atoms with Gasteiger partial charge in [0.1, 0.15) is 0 Å². The summed E-state index contributed by atoms with van der Waals surface area (Å²) in [6, 6.07) is 13.8. The molecule has 0 heterocycles. The van der Waals surface area contributed by atoms with E-state index in [9.17, 15) is 0 Å². The molecular weight excluding hydrogens is 350 g/mol. The first-order chi connectivity index (χ1) is 12.7. The molecule has 140 valence electrons. The van der Waals surface area contributed by atoms with Crippen LogP contribution < -0.4 is 20.1 Å². The molecule has 0 atom stereocenters. The lowest BCUT2D eigenvalue weighted by atomic mass is 10.1. The molecule has 5 nitrogen and oxygen atoms in total. The van der Waals surface area contributed by atoms with Crippen molar-refractivity contribution in [1.82, 2.24) is 10.6 Å². The van der Waals surface area contributed by atoms with Gasteiger partial charge in [0, 0.05) is 25.2 Å². The zero-order chi connectivity index (χ0) is 18.8. The van der Waals surface area contributed by atoms with Crippen molar-refractivity contribution in [3.63, 3.8) is 0 Å². The van der Waals surface area contributed by atoms with Gasteiger partial charge in [0.2, 0.25) is 0 Å². The van der Waals surface area contributed by atoms with E-state index in [1.54, 1.807) is 21.3 Å². The Hall–Kier alpha value is -2.40. The number of rotatable bonds is 8. The van der Waals surface area contributed by atoms with Gasteiger partial charge < -0.3 is 20.1 Å². The predicted octanol–water partition coefficient (Wildman–Crippen LogP) is 3.66. The summed E-state index contributed by atoms with van der Waals surface area (Å²) in [4.78, 5) is 4.25. The molecule has 0 fully saturated rings. The van der Waals surface area contributed by atoms with Gasteiger partial charge in [-0.25, -0.2) is 0 Å². The number of aryl methyl sites for hydroxylation is 1. The van der Waals surface area contributed by atoms with Gasteiger partial charge in [-0.2, -0.15) is 0 Å². The van der Waals surface area contributed by atoms with E-state index in [2.05, 4.69) is 21.7 Å². The Morgan fingerprint density at radius 3 is 2.31 bits per heavy atom. The van der Waals surface area contributed by atoms with Crippen LogP contribution in [0.1, 0.15) is 17.5 Å². The second-order valence-electron chi connectivity index (χ2n) is 5.77. The fourth-order valence-corrected chi connectivity index (χ4v) is 2.67. The fourth-order valence-electron chi connectivity index (χ4n) is 2.54. The first-order valence-corrected chi connectivity index (χ1v) is 8.94. The van der Waals surface area contributed by atoms with E-state index in [4.69, 9.17) is 21.1 Å². The highest BCUT2D eigenvalue weighted by molar-refractivity contribution is 6.30. The van der Waals surface area contributed by atoms with E-state index >= 15 is 0 Å². The van der Waals surface area contributed by atoms with Gasteiger partial charge in [0.15, 0.2) is 17.5 Å². The third-order valence-corrected chi connectivity index (χ3v) is 4.23. The molecule has 0 aliphatic heterocycles. The molecule has 6 heteroatoms. The maximum atomic E-state index is 5.90. The summed E-state index contributed by atoms with van der Waals surface area (Å²) in [7, 11) is 5.06. The van der Waals surface area contributed by atoms with Crippen LogP contribution in [0.15, 0.2) is 47.5 Å². The molecule has 0 aromatic heterocycles. The van der Waals surface area contributed by atoms with Crippen LogP contribution in [0.3, 0.4) is 0 Å². The van der Waals surface area contributed by atoms with Crippen LogP contribution in [-0.2, 0) is 13.0 Å². The van der Waals surface area contributed by atoms with E-state index in [1.165, 1.54) is 5.56 Å². The summed E-state index contributed by atoms with van der Waals surface area (Å²) in [6.07, 6.45) is 1.93. The Morgan fingerprint density at radius 2 is 1.65 bits per heavy atom. The van der Waals surface area contributed by atoms with E-state index in [-0.39, 0.29) is 0 Å². The quantitative estimate of drug-likeness (QED) is 0.420. The monoisotopic (exact) mass is 375 g/mol. The summed E-state index contributed by atoms with van der Waals surface area (Å²) < 4.78 is 10.6. The number of ether oxygens (including phenoxy) is 2. The van der Waals surface area contributed by atoms with Gasteiger partial charge in [0.25, 0.3) is 0 Å². The lowest BCUT2D eigenvalue weighted by molar-refractivity contribution is 0.354. The molecule has 0 saturated heterocycles. The second-order valence-corrected chi connectivity index (χ2v) is 6.21. The molecule has 0 spiro atoms. The largest absolute Gasteiger partial charge is 0.493 e. The number of hydrogen-bond donors (Lipinski definition) is 2. The molecule has 2 aromatic rings. The normalized spacial score (nSPS) is 11.2. The molecule has 2 N–H and O–H groups in total. The number of hydrogen-bond acceptors (Lipinski definition) is 3. The van der Waals surface area contributed by atoms with E-state index in [0.717, 1.165) is 47.4 Å². The van der Waals surface area contributed by atoms with Crippen molar-refractivity contribution in [3.05, 3.63) is 58.6 Å². The lowest BCUT2D eigenvalue weighted by Gasteiger charge is -2.13. The van der Waals surface area contributed by atoms with Crippen molar-refractivity contribution >= 4 is 17.6 Å². The molecule has 0 bridgehead atoms. The van der Waals surface area contributed by atoms with Crippen molar-refractivity contribution < 1.29 is 9.47 Å². The van der Waals surface area contributed by atoms with Crippen molar-refractivity contribution in [2.75, 3.05) is 27.8 Å². The maximum Gasteiger partial charge on any atom is 0.191 e. The first-order valence-electron chi connectivity index (χ1n) is 8.56. The fraction of sp³-hybridized carbons (Fsp3) is 0.350. The number of methoxy groups -OCH3 is 2. The van der Waals surface area contributed by atoms with Gasteiger partial charge in [-0.1, -0.05) is 29.8 Å². The average Bonchev–Trinajstić information content (AvgIpc) is 2.68. The van der Waals surface area contributed by atoms with E-state index in [0.29, 0.717) is 6.54 Å². The number of halogens is 1. The molecule has 0 aliphatic rings. The van der Waals surface area contributed by atoms with Crippen LogP contribution in [0.4, 0.5) is 0 Å². The van der Waals surface area contributed by atoms with Gasteiger partial charge in [-0.3, -0.25) is 4.99 Å². The van der Waals surface area contributed by atoms with Crippen molar-refractivity contribution in [3.8, 4) is 11.5 Å². The molecule has 0 unspecified atom stereocenters. The highest BCUT2D eigenvalue weighted by Crippen LogP contribution is 2.27. The van der Waals surface area contributed by atoms with Crippen LogP contribution in [0.5, 0.6) is 11.5 Å². The van der Waals surface area contributed by atoms with E-state index < -0.39 is 0 Å². The number of nitrogens with zero attached hydrogens (tertiary/aromatic N) is 1. The zero-order valence-corrected chi connectivity index (χ0v) is 16.3. The minimum atomic E-state index is 0.701. The average molecular weight is 376 g/mol. The number of nitrogens with one attached hydrogen (secondary N) is 2. The van der Waals surface area contributed by atoms with Crippen LogP contribution >= 0.6 is 11.6 Å². The summed E-state index contributed by atoms with van der Waals surface area (Å²) in [5, 5.41) is 7.37. The van der Waals surface area contributed by atoms with Crippen molar-refractivity contribution in [2.24, 2.45) is 4.99 Å². The topological polar surface area (TPSA) is 54.9 Å². The minimum Gasteiger partial charge on any atom is -0.493 e. The zero-order valence-electron chi connectivity index (χ0n) is 15.5. The van der Waals surface area contributed by atoms with Gasteiger partial charge in [0.05, 0.1) is 14.2 Å². The van der Waals surface area contributed by atoms with Crippen molar-refractivity contribution in [1.29, 1.82) is 0 Å². The Balaban J connectivity index is 1.74. The smallest absolute Gasteiger partial charge is 0.191 e. The molecule has 0 saturated carbocycles. The Morgan fingerprint density at radius 1 is 0.962 bits per heavy atom. The van der Waals surface area contributed by atoms with Crippen molar-refractivity contribution in [2.45, 2.75) is 19.4 Å². The van der Waals surface area contributed by atoms with E-state index in [1.807, 2.05) is 36.4 Å². The maximum absolute atomic E-state index is 5.90. The Bertz CT molecular complexity index is 717. The van der Waals surface area contributed by atoms with Crippen LogP contribution in [0.25, 0.3) is 0 Å². The number of guanidine groups is 1. The highest BCUT2D eigenvalue weighted by Gasteiger charge is 2.04. The number of benzene rings is 2. The summed E-state index contributed by atoms with van der Waals surface area (Å²) in [5.74, 6) is 2.30. The summed E-state index contributed by atoms with van der Waals surface area (Å²) in [6.45, 7) is 1.53. The molecule has 2 rings (SSSR count). The minimum absolute atomic E-state index is 0.701. The Labute approximate surface area is 160 Å². The van der Waals surface area contributed by atoms with Gasteiger partial charge in [-0.05, 0) is 48.2 Å². The molecule has 2 aromatic carbocycles. The highest BCUT2D eigenvalue weighted by atomic mass is 35.5. The number of aliphatic imine (C=N–C) groups is 1. The third kappa shape index (κ3) is 6.15. The predicted molar refractivity (Wildman–Crippen MR) is 108 cm³/mol. The first kappa shape index (κ1) is 19.9. The summed E-state index contributed by atoms with van der Waals surface area (Å²) in [5.41, 5.74) is 2.37. The van der Waals surface area contributed by atoms with Gasteiger partial charge in [-0.15, -0.1) is 0 Å². The third-order valence-electron chi connectivity index (χ3n) is 3.98. The lowest BCUT2D eigenvalue weighted by Crippen LogP contribution is -2.37. The molecule has 0 radical (unpaired) electrons. The molecule has 26 heavy (non-hydrogen) atoms. The van der Waals surface area contributed by atoms with Crippen LogP contribution in [0, 0.1) is 0 Å². The molecule has 0 aliphatic carbocycles. The standard InChI is InChI=1S/C20H26ClN3O2/c1-22-20(24-14-16-6-9-17(21)10-7-16)23-12-4-5-15-8-11-18(25-2)19(13-15)26-3/h6-11,13H,4-5,12,14H2,1-3H3,(H2,22,23,24). The Kier molecular flexibility index (Phi) is 8.09. The van der Waals surface area contributed by atoms with Crippen LogP contribution in [0.2, 0.25) is 5.02 Å². The molecular formula is C20H26ClN3O2. The van der Waals surface area contributed by atoms with Crippen LogP contribution in [-0.4, -0.2) is 33.8 Å². The second kappa shape index (κ2) is 10.6. The molecule has 0 amide bonds. The SMILES string of the molecule is CN=C(NCCCc1ccc(OC)c(OC)c1)NCc1ccc(Cl)cc1. The van der Waals surface area contributed by atoms with Gasteiger partial charge >= 0.3 is 0 Å².